The Kier molecular flexibility index (Phi) is 5.46. The van der Waals surface area contributed by atoms with Gasteiger partial charge >= 0.3 is 0 Å². The first-order valence-electron chi connectivity index (χ1n) is 6.86. The van der Waals surface area contributed by atoms with Crippen molar-refractivity contribution in [2.45, 2.75) is 37.6 Å². The minimum atomic E-state index is -0.212. The number of nitrogens with one attached hydrogen (secondary N) is 1. The van der Waals surface area contributed by atoms with Crippen LogP contribution < -0.4 is 10.1 Å². The van der Waals surface area contributed by atoms with E-state index in [1.165, 1.54) is 18.9 Å². The van der Waals surface area contributed by atoms with Gasteiger partial charge < -0.3 is 10.1 Å². The Morgan fingerprint density at radius 2 is 2.05 bits per heavy atom. The summed E-state index contributed by atoms with van der Waals surface area (Å²) in [7, 11) is 1.54. The van der Waals surface area contributed by atoms with Crippen LogP contribution in [-0.2, 0) is 6.54 Å². The quantitative estimate of drug-likeness (QED) is 0.833. The fourth-order valence-corrected chi connectivity index (χ4v) is 2.79. The van der Waals surface area contributed by atoms with Gasteiger partial charge in [0.15, 0.2) is 0 Å². The van der Waals surface area contributed by atoms with Crippen molar-refractivity contribution in [3.63, 3.8) is 0 Å². The number of alkyl halides is 1. The molecule has 4 heteroatoms. The van der Waals surface area contributed by atoms with Crippen molar-refractivity contribution in [3.05, 3.63) is 29.6 Å². The number of methoxy groups -OCH3 is 1. The Balaban J connectivity index is 1.76. The van der Waals surface area contributed by atoms with E-state index in [1.807, 2.05) is 0 Å². The standard InChI is InChI=1S/C15H21ClFNO/c1-19-14-7-4-12(15(17)8-14)10-18-9-11-2-5-13(16)6-3-11/h4,7-8,11,13,18H,2-3,5-6,9-10H2,1H3. The van der Waals surface area contributed by atoms with E-state index in [1.54, 1.807) is 19.2 Å². The molecule has 0 atom stereocenters. The molecular formula is C15H21ClFNO. The van der Waals surface area contributed by atoms with Gasteiger partial charge in [-0.25, -0.2) is 4.39 Å². The molecule has 1 aliphatic carbocycles. The van der Waals surface area contributed by atoms with E-state index in [2.05, 4.69) is 5.32 Å². The average Bonchev–Trinajstić information content (AvgIpc) is 2.42. The number of ether oxygens (including phenoxy) is 1. The predicted octanol–water partition coefficient (Wildman–Crippen LogP) is 3.72. The molecule has 1 aliphatic rings. The SMILES string of the molecule is COc1ccc(CNCC2CCC(Cl)CC2)c(F)c1. The topological polar surface area (TPSA) is 21.3 Å². The van der Waals surface area contributed by atoms with Gasteiger partial charge in [0.2, 0.25) is 0 Å². The van der Waals surface area contributed by atoms with Gasteiger partial charge in [-0.1, -0.05) is 6.07 Å². The Morgan fingerprint density at radius 3 is 2.68 bits per heavy atom. The first-order valence-corrected chi connectivity index (χ1v) is 7.30. The molecule has 0 aliphatic heterocycles. The molecule has 106 valence electrons. The van der Waals surface area contributed by atoms with Crippen LogP contribution in [0.15, 0.2) is 18.2 Å². The van der Waals surface area contributed by atoms with Crippen LogP contribution in [-0.4, -0.2) is 19.0 Å². The summed E-state index contributed by atoms with van der Waals surface area (Å²) in [6.07, 6.45) is 4.55. The summed E-state index contributed by atoms with van der Waals surface area (Å²) in [5.41, 5.74) is 0.687. The number of halogens is 2. The molecule has 0 unspecified atom stereocenters. The normalized spacial score (nSPS) is 23.3. The molecule has 1 aromatic carbocycles. The van der Waals surface area contributed by atoms with Gasteiger partial charge in [0.1, 0.15) is 11.6 Å². The second-order valence-corrected chi connectivity index (χ2v) is 5.82. The van der Waals surface area contributed by atoms with Crippen molar-refractivity contribution >= 4 is 11.6 Å². The molecule has 0 saturated heterocycles. The molecular weight excluding hydrogens is 265 g/mol. The first-order chi connectivity index (χ1) is 9.19. The van der Waals surface area contributed by atoms with E-state index in [-0.39, 0.29) is 5.82 Å². The number of benzene rings is 1. The molecule has 2 rings (SSSR count). The van der Waals surface area contributed by atoms with Crippen molar-refractivity contribution < 1.29 is 9.13 Å². The summed E-state index contributed by atoms with van der Waals surface area (Å²) >= 11 is 6.08. The highest BCUT2D eigenvalue weighted by Gasteiger charge is 2.18. The van der Waals surface area contributed by atoms with Crippen LogP contribution in [0.25, 0.3) is 0 Å². The molecule has 0 aromatic heterocycles. The number of hydrogen-bond acceptors (Lipinski definition) is 2. The Hall–Kier alpha value is -0.800. The molecule has 1 saturated carbocycles. The summed E-state index contributed by atoms with van der Waals surface area (Å²) < 4.78 is 18.7. The van der Waals surface area contributed by atoms with Crippen molar-refractivity contribution in [2.24, 2.45) is 5.92 Å². The van der Waals surface area contributed by atoms with E-state index in [9.17, 15) is 4.39 Å². The monoisotopic (exact) mass is 285 g/mol. The van der Waals surface area contributed by atoms with Gasteiger partial charge in [-0.05, 0) is 44.2 Å². The van der Waals surface area contributed by atoms with Crippen LogP contribution in [0.2, 0.25) is 0 Å². The molecule has 1 aromatic rings. The third kappa shape index (κ3) is 4.36. The van der Waals surface area contributed by atoms with Crippen LogP contribution in [0, 0.1) is 11.7 Å². The van der Waals surface area contributed by atoms with Crippen LogP contribution in [0.1, 0.15) is 31.2 Å². The second kappa shape index (κ2) is 7.11. The summed E-state index contributed by atoms with van der Waals surface area (Å²) in [5, 5.41) is 3.70. The van der Waals surface area contributed by atoms with Crippen LogP contribution >= 0.6 is 11.6 Å². The van der Waals surface area contributed by atoms with Gasteiger partial charge in [-0.15, -0.1) is 11.6 Å². The maximum Gasteiger partial charge on any atom is 0.131 e. The second-order valence-electron chi connectivity index (χ2n) is 5.21. The van der Waals surface area contributed by atoms with E-state index in [0.29, 0.717) is 29.2 Å². The lowest BCUT2D eigenvalue weighted by Gasteiger charge is -2.25. The molecule has 0 heterocycles. The summed E-state index contributed by atoms with van der Waals surface area (Å²) in [6, 6.07) is 4.99. The zero-order valence-electron chi connectivity index (χ0n) is 11.3. The Labute approximate surface area is 119 Å². The van der Waals surface area contributed by atoms with E-state index < -0.39 is 0 Å². The number of hydrogen-bond donors (Lipinski definition) is 1. The highest BCUT2D eigenvalue weighted by atomic mass is 35.5. The Bertz CT molecular complexity index is 405. The first kappa shape index (κ1) is 14.6. The van der Waals surface area contributed by atoms with E-state index in [0.717, 1.165) is 19.4 Å². The minimum absolute atomic E-state index is 0.212. The Morgan fingerprint density at radius 1 is 1.32 bits per heavy atom. The molecule has 0 radical (unpaired) electrons. The van der Waals surface area contributed by atoms with Crippen molar-refractivity contribution in [1.29, 1.82) is 0 Å². The fraction of sp³-hybridized carbons (Fsp3) is 0.600. The summed E-state index contributed by atoms with van der Waals surface area (Å²) in [4.78, 5) is 0. The maximum atomic E-state index is 13.7. The molecule has 19 heavy (non-hydrogen) atoms. The third-order valence-electron chi connectivity index (χ3n) is 3.78. The molecule has 1 fully saturated rings. The largest absolute Gasteiger partial charge is 0.497 e. The van der Waals surface area contributed by atoms with Crippen LogP contribution in [0.3, 0.4) is 0 Å². The lowest BCUT2D eigenvalue weighted by atomic mass is 9.89. The molecule has 0 amide bonds. The smallest absolute Gasteiger partial charge is 0.131 e. The molecule has 0 bridgehead atoms. The van der Waals surface area contributed by atoms with Crippen molar-refractivity contribution in [2.75, 3.05) is 13.7 Å². The van der Waals surface area contributed by atoms with Crippen LogP contribution in [0.5, 0.6) is 5.75 Å². The average molecular weight is 286 g/mol. The molecule has 1 N–H and O–H groups in total. The van der Waals surface area contributed by atoms with Gasteiger partial charge in [0.05, 0.1) is 7.11 Å². The minimum Gasteiger partial charge on any atom is -0.497 e. The molecule has 0 spiro atoms. The van der Waals surface area contributed by atoms with Crippen LogP contribution in [0.4, 0.5) is 4.39 Å². The lowest BCUT2D eigenvalue weighted by molar-refractivity contribution is 0.344. The highest BCUT2D eigenvalue weighted by Crippen LogP contribution is 2.27. The fourth-order valence-electron chi connectivity index (χ4n) is 2.54. The number of rotatable bonds is 5. The van der Waals surface area contributed by atoms with Crippen molar-refractivity contribution in [3.8, 4) is 5.75 Å². The maximum absolute atomic E-state index is 13.7. The van der Waals surface area contributed by atoms with E-state index in [4.69, 9.17) is 16.3 Å². The zero-order valence-corrected chi connectivity index (χ0v) is 12.0. The summed E-state index contributed by atoms with van der Waals surface area (Å²) in [5.74, 6) is 1.02. The van der Waals surface area contributed by atoms with Crippen molar-refractivity contribution in [1.82, 2.24) is 5.32 Å². The van der Waals surface area contributed by atoms with Gasteiger partial charge in [-0.2, -0.15) is 0 Å². The zero-order chi connectivity index (χ0) is 13.7. The van der Waals surface area contributed by atoms with Gasteiger partial charge in [0, 0.05) is 23.6 Å². The highest BCUT2D eigenvalue weighted by molar-refractivity contribution is 6.20. The predicted molar refractivity (Wildman–Crippen MR) is 76.3 cm³/mol. The van der Waals surface area contributed by atoms with Gasteiger partial charge in [0.25, 0.3) is 0 Å². The molecule has 2 nitrogen and oxygen atoms in total. The van der Waals surface area contributed by atoms with Gasteiger partial charge in [-0.3, -0.25) is 0 Å². The lowest BCUT2D eigenvalue weighted by Crippen LogP contribution is -2.26. The van der Waals surface area contributed by atoms with E-state index >= 15 is 0 Å². The third-order valence-corrected chi connectivity index (χ3v) is 4.22. The summed E-state index contributed by atoms with van der Waals surface area (Å²) in [6.45, 7) is 1.51.